The Balaban J connectivity index is 3.06. The topological polar surface area (TPSA) is 250 Å². The number of hydrogen-bond acceptors (Lipinski definition) is 8. The van der Waals surface area contributed by atoms with E-state index in [1.807, 2.05) is 6.92 Å². The van der Waals surface area contributed by atoms with Crippen molar-refractivity contribution in [2.75, 3.05) is 19.6 Å². The van der Waals surface area contributed by atoms with Crippen LogP contribution in [-0.2, 0) is 19.2 Å². The minimum absolute atomic E-state index is 0.0623. The third kappa shape index (κ3) is 16.6. The van der Waals surface area contributed by atoms with E-state index in [0.29, 0.717) is 82.9 Å². The van der Waals surface area contributed by atoms with Gasteiger partial charge in [0, 0.05) is 12.1 Å². The van der Waals surface area contributed by atoms with Crippen molar-refractivity contribution in [2.24, 2.45) is 27.9 Å². The normalized spacial score (nSPS) is 13.4. The van der Waals surface area contributed by atoms with Gasteiger partial charge in [-0.25, -0.2) is 0 Å². The summed E-state index contributed by atoms with van der Waals surface area (Å²) >= 11 is 0. The molecule has 12 N–H and O–H groups in total. The summed E-state index contributed by atoms with van der Waals surface area (Å²) in [4.78, 5) is 68.7. The van der Waals surface area contributed by atoms with Crippen LogP contribution in [0.4, 0.5) is 0 Å². The smallest absolute Gasteiger partial charge is 0.251 e. The number of amides is 4. The summed E-state index contributed by atoms with van der Waals surface area (Å²) in [7, 11) is 0. The minimum Gasteiger partial charge on any atom is -0.370 e. The average Bonchev–Trinajstić information content (AvgIpc) is 3.03. The number of benzene rings is 1. The molecule has 0 unspecified atom stereocenters. The van der Waals surface area contributed by atoms with Crippen molar-refractivity contribution < 1.29 is 24.0 Å². The lowest BCUT2D eigenvalue weighted by Crippen LogP contribution is -2.57. The largest absolute Gasteiger partial charge is 0.370 e. The predicted molar refractivity (Wildman–Crippen MR) is 175 cm³/mol. The van der Waals surface area contributed by atoms with Crippen LogP contribution >= 0.6 is 0 Å². The van der Waals surface area contributed by atoms with E-state index in [-0.39, 0.29) is 18.8 Å². The van der Waals surface area contributed by atoms with Crippen LogP contribution in [0.5, 0.6) is 0 Å². The molecule has 1 aromatic rings. The number of aliphatic imine (C=N–C) groups is 1. The van der Waals surface area contributed by atoms with Crippen molar-refractivity contribution >= 4 is 35.9 Å². The van der Waals surface area contributed by atoms with E-state index < -0.39 is 47.8 Å². The fourth-order valence-corrected chi connectivity index (χ4v) is 4.55. The molecule has 0 radical (unpaired) electrons. The molecule has 14 heteroatoms. The number of carbonyl (C=O) groups is 5. The summed E-state index contributed by atoms with van der Waals surface area (Å²) in [5.41, 5.74) is 22.4. The quantitative estimate of drug-likeness (QED) is 0.0329. The predicted octanol–water partition coefficient (Wildman–Crippen LogP) is -0.0599. The van der Waals surface area contributed by atoms with Crippen molar-refractivity contribution in [3.8, 4) is 0 Å². The van der Waals surface area contributed by atoms with Gasteiger partial charge in [0.2, 0.25) is 17.7 Å². The van der Waals surface area contributed by atoms with Gasteiger partial charge in [-0.2, -0.15) is 0 Å². The van der Waals surface area contributed by atoms with Crippen LogP contribution < -0.4 is 44.2 Å². The molecule has 0 aliphatic carbocycles. The first kappa shape index (κ1) is 39.0. The van der Waals surface area contributed by atoms with Gasteiger partial charge >= 0.3 is 0 Å². The number of carbonyl (C=O) groups excluding carboxylic acids is 5. The molecule has 1 rings (SSSR count). The second kappa shape index (κ2) is 23.4. The Morgan fingerprint density at radius 3 is 1.71 bits per heavy atom. The summed E-state index contributed by atoms with van der Waals surface area (Å²) in [5.74, 6) is -2.02. The second-order valence-electron chi connectivity index (χ2n) is 10.9. The fraction of sp³-hybridized carbons (Fsp3) is 0.613. The number of aldehydes is 1. The van der Waals surface area contributed by atoms with E-state index in [4.69, 9.17) is 22.9 Å². The lowest BCUT2D eigenvalue weighted by molar-refractivity contribution is -0.133. The fourth-order valence-electron chi connectivity index (χ4n) is 4.55. The summed E-state index contributed by atoms with van der Waals surface area (Å²) in [5, 5.41) is 11.1. The molecule has 45 heavy (non-hydrogen) atoms. The van der Waals surface area contributed by atoms with Gasteiger partial charge in [-0.1, -0.05) is 38.0 Å². The third-order valence-electron chi connectivity index (χ3n) is 7.12. The number of hydrogen-bond donors (Lipinski definition) is 8. The van der Waals surface area contributed by atoms with E-state index in [1.165, 1.54) is 0 Å². The zero-order chi connectivity index (χ0) is 33.5. The van der Waals surface area contributed by atoms with Gasteiger partial charge in [-0.15, -0.1) is 0 Å². The first-order valence-electron chi connectivity index (χ1n) is 15.8. The van der Waals surface area contributed by atoms with Gasteiger partial charge in [0.05, 0.1) is 6.04 Å². The van der Waals surface area contributed by atoms with Gasteiger partial charge in [0.15, 0.2) is 5.96 Å². The molecule has 4 amide bonds. The van der Waals surface area contributed by atoms with Crippen LogP contribution in [0, 0.1) is 0 Å². The molecule has 14 nitrogen and oxygen atoms in total. The Morgan fingerprint density at radius 1 is 0.711 bits per heavy atom. The van der Waals surface area contributed by atoms with Crippen LogP contribution in [0.1, 0.15) is 87.9 Å². The van der Waals surface area contributed by atoms with Crippen LogP contribution in [0.25, 0.3) is 0 Å². The standard InChI is InChI=1S/C31H53N9O5/c1-2-3-15-24(38-27(42)22-12-5-4-6-13-22)29(44)40-26(17-8-10-19-33)30(45)39-25(16-7-9-18-32)28(43)37-23(21-41)14-11-20-36-31(34)35/h4-6,12-13,21,23-26H,2-3,7-11,14-20,32-33H2,1H3,(H,37,43)(H,38,42)(H,39,45)(H,40,44)(H4,34,35,36)/t23-,24-,25-,26-/m0/s1. The Morgan fingerprint density at radius 2 is 1.22 bits per heavy atom. The molecule has 0 saturated carbocycles. The van der Waals surface area contributed by atoms with Crippen LogP contribution in [-0.4, -0.2) is 79.7 Å². The molecule has 0 spiro atoms. The minimum atomic E-state index is -0.979. The maximum absolute atomic E-state index is 13.6. The average molecular weight is 632 g/mol. The molecule has 0 heterocycles. The number of nitrogens with two attached hydrogens (primary N) is 4. The Kier molecular flexibility index (Phi) is 20.2. The highest BCUT2D eigenvalue weighted by Crippen LogP contribution is 2.09. The van der Waals surface area contributed by atoms with E-state index in [2.05, 4.69) is 26.3 Å². The molecule has 0 aliphatic heterocycles. The molecule has 0 aromatic heterocycles. The highest BCUT2D eigenvalue weighted by Gasteiger charge is 2.30. The maximum atomic E-state index is 13.6. The summed E-state index contributed by atoms with van der Waals surface area (Å²) < 4.78 is 0. The molecule has 0 fully saturated rings. The van der Waals surface area contributed by atoms with Crippen LogP contribution in [0.3, 0.4) is 0 Å². The Labute approximate surface area is 266 Å². The third-order valence-corrected chi connectivity index (χ3v) is 7.12. The summed E-state index contributed by atoms with van der Waals surface area (Å²) in [6.07, 6.45) is 6.20. The number of unbranched alkanes of at least 4 members (excludes halogenated alkanes) is 3. The lowest BCUT2D eigenvalue weighted by Gasteiger charge is -2.26. The summed E-state index contributed by atoms with van der Waals surface area (Å²) in [6.45, 7) is 3.10. The second-order valence-corrected chi connectivity index (χ2v) is 10.9. The molecule has 0 aliphatic rings. The molecule has 252 valence electrons. The number of rotatable bonds is 24. The van der Waals surface area contributed by atoms with Gasteiger partial charge < -0.3 is 49.0 Å². The van der Waals surface area contributed by atoms with Crippen molar-refractivity contribution in [3.63, 3.8) is 0 Å². The van der Waals surface area contributed by atoms with Crippen molar-refractivity contribution in [3.05, 3.63) is 35.9 Å². The van der Waals surface area contributed by atoms with Crippen LogP contribution in [0.15, 0.2) is 35.3 Å². The van der Waals surface area contributed by atoms with Gasteiger partial charge in [-0.05, 0) is 83.0 Å². The van der Waals surface area contributed by atoms with Gasteiger partial charge in [-0.3, -0.25) is 24.2 Å². The van der Waals surface area contributed by atoms with Crippen LogP contribution in [0.2, 0.25) is 0 Å². The number of guanidine groups is 1. The first-order valence-corrected chi connectivity index (χ1v) is 15.8. The maximum Gasteiger partial charge on any atom is 0.251 e. The molecule has 1 aromatic carbocycles. The Bertz CT molecular complexity index is 1070. The number of nitrogens with one attached hydrogen (secondary N) is 4. The Hall–Kier alpha value is -4.04. The molecular formula is C31H53N9O5. The summed E-state index contributed by atoms with van der Waals surface area (Å²) in [6, 6.07) is 4.97. The molecule has 0 saturated heterocycles. The van der Waals surface area contributed by atoms with Gasteiger partial charge in [0.1, 0.15) is 24.4 Å². The highest BCUT2D eigenvalue weighted by molar-refractivity contribution is 5.98. The molecule has 4 atom stereocenters. The van der Waals surface area contributed by atoms with E-state index in [0.717, 1.165) is 6.42 Å². The van der Waals surface area contributed by atoms with E-state index in [1.54, 1.807) is 30.3 Å². The monoisotopic (exact) mass is 631 g/mol. The highest BCUT2D eigenvalue weighted by atomic mass is 16.2. The lowest BCUT2D eigenvalue weighted by atomic mass is 10.0. The van der Waals surface area contributed by atoms with Gasteiger partial charge in [0.25, 0.3) is 5.91 Å². The van der Waals surface area contributed by atoms with Crippen molar-refractivity contribution in [2.45, 2.75) is 102 Å². The van der Waals surface area contributed by atoms with Crippen molar-refractivity contribution in [1.82, 2.24) is 21.3 Å². The zero-order valence-corrected chi connectivity index (χ0v) is 26.5. The van der Waals surface area contributed by atoms with Crippen molar-refractivity contribution in [1.29, 1.82) is 0 Å². The first-order chi connectivity index (χ1) is 21.7. The SMILES string of the molecule is CCCC[C@H](NC(=O)c1ccccc1)C(=O)N[C@@H](CCCCN)C(=O)N[C@@H](CCCCN)C(=O)N[C@H](C=O)CCCN=C(N)N. The van der Waals surface area contributed by atoms with E-state index >= 15 is 0 Å². The van der Waals surface area contributed by atoms with E-state index in [9.17, 15) is 24.0 Å². The molecular weight excluding hydrogens is 578 g/mol. The molecule has 0 bridgehead atoms. The zero-order valence-electron chi connectivity index (χ0n) is 26.5. The number of nitrogens with zero attached hydrogens (tertiary/aromatic N) is 1.